The molecule has 0 N–H and O–H groups in total. The van der Waals surface area contributed by atoms with E-state index >= 15 is 0 Å². The number of hydrogen-bond acceptors (Lipinski definition) is 6. The van der Waals surface area contributed by atoms with Crippen LogP contribution in [0.4, 0.5) is 0 Å². The third kappa shape index (κ3) is 4.00. The highest BCUT2D eigenvalue weighted by Gasteiger charge is 2.36. The monoisotopic (exact) mass is 431 g/mol. The number of nitrogens with zero attached hydrogens (tertiary/aromatic N) is 1. The first kappa shape index (κ1) is 19.8. The lowest BCUT2D eigenvalue weighted by atomic mass is 10.1. The zero-order valence-corrected chi connectivity index (χ0v) is 17.8. The van der Waals surface area contributed by atoms with Gasteiger partial charge in [0.2, 0.25) is 0 Å². The van der Waals surface area contributed by atoms with E-state index in [1.807, 2.05) is 31.4 Å². The van der Waals surface area contributed by atoms with Crippen molar-refractivity contribution in [2.24, 2.45) is 0 Å². The fraction of sp³-hybridized carbons (Fsp3) is 0.333. The minimum absolute atomic E-state index is 0.0613. The Morgan fingerprint density at radius 3 is 2.69 bits per heavy atom. The summed E-state index contributed by atoms with van der Waals surface area (Å²) >= 11 is 1.52. The van der Waals surface area contributed by atoms with Crippen molar-refractivity contribution in [3.63, 3.8) is 0 Å². The number of thiophene rings is 1. The van der Waals surface area contributed by atoms with Crippen LogP contribution in [0, 0.1) is 13.8 Å². The zero-order valence-electron chi connectivity index (χ0n) is 16.2. The summed E-state index contributed by atoms with van der Waals surface area (Å²) in [5.41, 5.74) is 2.03. The van der Waals surface area contributed by atoms with E-state index in [-0.39, 0.29) is 29.2 Å². The number of sulfone groups is 1. The Bertz CT molecular complexity index is 1260. The number of carbonyl (C=O) groups excluding carboxylic acids is 1. The molecule has 3 heterocycles. The van der Waals surface area contributed by atoms with Gasteiger partial charge in [0, 0.05) is 17.0 Å². The number of amides is 1. The molecule has 1 aliphatic heterocycles. The van der Waals surface area contributed by atoms with Crippen molar-refractivity contribution >= 4 is 38.1 Å². The predicted octanol–water partition coefficient (Wildman–Crippen LogP) is 3.30. The summed E-state index contributed by atoms with van der Waals surface area (Å²) in [5.74, 6) is -0.532. The molecule has 0 radical (unpaired) electrons. The highest BCUT2D eigenvalue weighted by molar-refractivity contribution is 7.91. The highest BCUT2D eigenvalue weighted by atomic mass is 32.2. The molecule has 3 aromatic rings. The van der Waals surface area contributed by atoms with Crippen LogP contribution in [0.1, 0.15) is 33.0 Å². The lowest BCUT2D eigenvalue weighted by Crippen LogP contribution is -2.40. The first-order chi connectivity index (χ1) is 13.7. The van der Waals surface area contributed by atoms with Crippen LogP contribution in [0.3, 0.4) is 0 Å². The molecule has 152 valence electrons. The van der Waals surface area contributed by atoms with Gasteiger partial charge in [0.25, 0.3) is 5.91 Å². The molecule has 1 fully saturated rings. The third-order valence-electron chi connectivity index (χ3n) is 5.29. The summed E-state index contributed by atoms with van der Waals surface area (Å²) in [6.45, 7) is 4.13. The van der Waals surface area contributed by atoms with Crippen LogP contribution in [-0.4, -0.2) is 36.8 Å². The lowest BCUT2D eigenvalue weighted by molar-refractivity contribution is 0.0650. The maximum absolute atomic E-state index is 13.3. The van der Waals surface area contributed by atoms with E-state index in [0.717, 1.165) is 16.0 Å². The van der Waals surface area contributed by atoms with Crippen molar-refractivity contribution in [1.82, 2.24) is 4.90 Å². The molecule has 0 saturated carbocycles. The third-order valence-corrected chi connectivity index (χ3v) is 8.04. The number of rotatable bonds is 4. The van der Waals surface area contributed by atoms with Gasteiger partial charge >= 0.3 is 0 Å². The second kappa shape index (κ2) is 7.42. The molecule has 0 aliphatic carbocycles. The molecule has 1 atom stereocenters. The van der Waals surface area contributed by atoms with E-state index in [4.69, 9.17) is 4.42 Å². The molecule has 0 spiro atoms. The first-order valence-electron chi connectivity index (χ1n) is 9.32. The Labute approximate surface area is 172 Å². The molecule has 6 nitrogen and oxygen atoms in total. The van der Waals surface area contributed by atoms with Crippen molar-refractivity contribution in [3.8, 4) is 0 Å². The van der Waals surface area contributed by atoms with Gasteiger partial charge in [-0.3, -0.25) is 9.59 Å². The fourth-order valence-electron chi connectivity index (χ4n) is 3.63. The molecule has 2 aromatic heterocycles. The Morgan fingerprint density at radius 2 is 2.03 bits per heavy atom. The lowest BCUT2D eigenvalue weighted by Gasteiger charge is -2.27. The maximum atomic E-state index is 13.3. The second-order valence-electron chi connectivity index (χ2n) is 7.49. The molecule has 1 aromatic carbocycles. The van der Waals surface area contributed by atoms with E-state index in [0.29, 0.717) is 17.4 Å². The topological polar surface area (TPSA) is 84.7 Å². The van der Waals surface area contributed by atoms with Gasteiger partial charge in [-0.25, -0.2) is 8.42 Å². The van der Waals surface area contributed by atoms with E-state index in [1.165, 1.54) is 17.4 Å². The van der Waals surface area contributed by atoms with Crippen molar-refractivity contribution in [2.45, 2.75) is 32.9 Å². The van der Waals surface area contributed by atoms with Crippen LogP contribution >= 0.6 is 11.3 Å². The molecule has 1 unspecified atom stereocenters. The molecular formula is C21H21NO5S2. The molecule has 1 saturated heterocycles. The Kier molecular flexibility index (Phi) is 5.08. The number of fused-ring (bicyclic) bond motifs is 1. The van der Waals surface area contributed by atoms with Gasteiger partial charge in [-0.05, 0) is 49.4 Å². The molecule has 1 aliphatic rings. The van der Waals surface area contributed by atoms with Crippen LogP contribution in [-0.2, 0) is 16.4 Å². The van der Waals surface area contributed by atoms with E-state index in [2.05, 4.69) is 0 Å². The fourth-order valence-corrected chi connectivity index (χ4v) is 6.26. The zero-order chi connectivity index (χ0) is 20.8. The van der Waals surface area contributed by atoms with Crippen LogP contribution < -0.4 is 5.43 Å². The average molecular weight is 432 g/mol. The van der Waals surface area contributed by atoms with Gasteiger partial charge in [0.15, 0.2) is 21.0 Å². The maximum Gasteiger partial charge on any atom is 0.290 e. The van der Waals surface area contributed by atoms with Crippen molar-refractivity contribution in [2.75, 3.05) is 11.5 Å². The number of carbonyl (C=O) groups is 1. The predicted molar refractivity (Wildman–Crippen MR) is 113 cm³/mol. The largest absolute Gasteiger partial charge is 0.451 e. The molecule has 29 heavy (non-hydrogen) atoms. The molecule has 1 amide bonds. The van der Waals surface area contributed by atoms with Crippen molar-refractivity contribution in [3.05, 3.63) is 67.7 Å². The standard InChI is InChI=1S/C21H21NO5S2/c1-13-3-4-18-16(9-13)17(23)10-19(27-18)21(24)22(11-20-14(2)5-7-28-20)15-6-8-29(25,26)12-15/h3-5,7,9-10,15H,6,8,11-12H2,1-2H3. The van der Waals surface area contributed by atoms with Gasteiger partial charge < -0.3 is 9.32 Å². The van der Waals surface area contributed by atoms with Crippen molar-refractivity contribution < 1.29 is 17.6 Å². The van der Waals surface area contributed by atoms with E-state index < -0.39 is 21.8 Å². The summed E-state index contributed by atoms with van der Waals surface area (Å²) in [6.07, 6.45) is 0.384. The minimum atomic E-state index is -3.18. The van der Waals surface area contributed by atoms with Crippen molar-refractivity contribution in [1.29, 1.82) is 0 Å². The minimum Gasteiger partial charge on any atom is -0.451 e. The first-order valence-corrected chi connectivity index (χ1v) is 12.0. The normalized spacial score (nSPS) is 18.2. The van der Waals surface area contributed by atoms with E-state index in [9.17, 15) is 18.0 Å². The molecule has 4 rings (SSSR count). The summed E-state index contributed by atoms with van der Waals surface area (Å²) in [6, 6.07) is 7.96. The summed E-state index contributed by atoms with van der Waals surface area (Å²) < 4.78 is 29.8. The second-order valence-corrected chi connectivity index (χ2v) is 10.7. The number of aryl methyl sites for hydroxylation is 2. The molecule has 8 heteroatoms. The van der Waals surface area contributed by atoms with Gasteiger partial charge in [-0.15, -0.1) is 11.3 Å². The smallest absolute Gasteiger partial charge is 0.290 e. The highest BCUT2D eigenvalue weighted by Crippen LogP contribution is 2.26. The molecule has 0 bridgehead atoms. The van der Waals surface area contributed by atoms with Gasteiger partial charge in [-0.1, -0.05) is 11.6 Å². The van der Waals surface area contributed by atoms with Gasteiger partial charge in [0.1, 0.15) is 5.58 Å². The Morgan fingerprint density at radius 1 is 1.24 bits per heavy atom. The van der Waals surface area contributed by atoms with Gasteiger partial charge in [-0.2, -0.15) is 0 Å². The summed E-state index contributed by atoms with van der Waals surface area (Å²) in [7, 11) is -3.18. The van der Waals surface area contributed by atoms with Crippen LogP contribution in [0.25, 0.3) is 11.0 Å². The Balaban J connectivity index is 1.75. The average Bonchev–Trinajstić information content (AvgIpc) is 3.24. The number of hydrogen-bond donors (Lipinski definition) is 0. The van der Waals surface area contributed by atoms with Crippen LogP contribution in [0.2, 0.25) is 0 Å². The quantitative estimate of drug-likeness (QED) is 0.633. The van der Waals surface area contributed by atoms with E-state index in [1.54, 1.807) is 17.0 Å². The SMILES string of the molecule is Cc1ccc2oc(C(=O)N(Cc3sccc3C)C3CCS(=O)(=O)C3)cc(=O)c2c1. The van der Waals surface area contributed by atoms with Crippen LogP contribution in [0.5, 0.6) is 0 Å². The van der Waals surface area contributed by atoms with Crippen LogP contribution in [0.15, 0.2) is 44.9 Å². The Hall–Kier alpha value is -2.45. The molecular weight excluding hydrogens is 410 g/mol. The summed E-state index contributed by atoms with van der Waals surface area (Å²) in [5, 5.41) is 2.36. The van der Waals surface area contributed by atoms with Gasteiger partial charge in [0.05, 0.1) is 23.4 Å². The number of benzene rings is 1. The summed E-state index contributed by atoms with van der Waals surface area (Å²) in [4.78, 5) is 28.4.